The first-order chi connectivity index (χ1) is 8.44. The molecule has 1 rings (SSSR count). The van der Waals surface area contributed by atoms with Gasteiger partial charge in [0.2, 0.25) is 5.91 Å². The fourth-order valence-corrected chi connectivity index (χ4v) is 1.98. The lowest BCUT2D eigenvalue weighted by Crippen LogP contribution is -2.57. The van der Waals surface area contributed by atoms with Gasteiger partial charge in [-0.3, -0.25) is 4.79 Å². The van der Waals surface area contributed by atoms with Gasteiger partial charge in [0.05, 0.1) is 17.3 Å². The minimum Gasteiger partial charge on any atom is -0.382 e. The minimum atomic E-state index is -0.972. The summed E-state index contributed by atoms with van der Waals surface area (Å²) in [6.07, 6.45) is 0. The van der Waals surface area contributed by atoms with E-state index in [-0.39, 0.29) is 12.5 Å². The molecule has 0 aromatic heterocycles. The van der Waals surface area contributed by atoms with Crippen molar-refractivity contribution < 1.29 is 9.53 Å². The molecule has 100 valence electrons. The first kappa shape index (κ1) is 14.8. The summed E-state index contributed by atoms with van der Waals surface area (Å²) in [5.74, 6) is -0.495. The van der Waals surface area contributed by atoms with E-state index in [1.165, 1.54) is 7.11 Å². The summed E-state index contributed by atoms with van der Waals surface area (Å²) in [5.41, 5.74) is 5.23. The number of nitrogens with one attached hydrogen (secondary N) is 1. The van der Waals surface area contributed by atoms with Crippen LogP contribution in [0.3, 0.4) is 0 Å². The Morgan fingerprint density at radius 3 is 2.56 bits per heavy atom. The number of amides is 1. The molecular formula is C13H19ClN2O2. The summed E-state index contributed by atoms with van der Waals surface area (Å²) in [6.45, 7) is 4.01. The third-order valence-electron chi connectivity index (χ3n) is 3.03. The standard InChI is InChI=1S/C13H19ClN2O2/c1-9(2)13(8-18-3,12(15)17)16-11-7-5-4-6-10(11)14/h4-7,9,16H,8H2,1-3H3,(H2,15,17). The molecule has 1 aromatic rings. The first-order valence-electron chi connectivity index (χ1n) is 5.75. The van der Waals surface area contributed by atoms with Crippen molar-refractivity contribution >= 4 is 23.2 Å². The van der Waals surface area contributed by atoms with Crippen molar-refractivity contribution in [1.82, 2.24) is 0 Å². The molecule has 0 aliphatic carbocycles. The summed E-state index contributed by atoms with van der Waals surface area (Å²) >= 11 is 6.08. The van der Waals surface area contributed by atoms with Crippen LogP contribution in [0.15, 0.2) is 24.3 Å². The van der Waals surface area contributed by atoms with Crippen LogP contribution in [0.25, 0.3) is 0 Å². The fourth-order valence-electron chi connectivity index (χ4n) is 1.79. The van der Waals surface area contributed by atoms with E-state index in [0.717, 1.165) is 0 Å². The minimum absolute atomic E-state index is 0.0359. The number of carbonyl (C=O) groups is 1. The number of halogens is 1. The maximum absolute atomic E-state index is 11.8. The molecule has 1 atom stereocenters. The van der Waals surface area contributed by atoms with Crippen LogP contribution in [0.4, 0.5) is 5.69 Å². The van der Waals surface area contributed by atoms with Crippen molar-refractivity contribution in [3.8, 4) is 0 Å². The van der Waals surface area contributed by atoms with Gasteiger partial charge in [0.15, 0.2) is 0 Å². The van der Waals surface area contributed by atoms with Crippen LogP contribution in [0.2, 0.25) is 5.02 Å². The number of anilines is 1. The third-order valence-corrected chi connectivity index (χ3v) is 3.36. The highest BCUT2D eigenvalue weighted by Crippen LogP contribution is 2.28. The number of benzene rings is 1. The van der Waals surface area contributed by atoms with Gasteiger partial charge in [-0.25, -0.2) is 0 Å². The van der Waals surface area contributed by atoms with Crippen molar-refractivity contribution in [1.29, 1.82) is 0 Å². The van der Waals surface area contributed by atoms with Crippen LogP contribution in [0.1, 0.15) is 13.8 Å². The van der Waals surface area contributed by atoms with Crippen LogP contribution >= 0.6 is 11.6 Å². The second-order valence-electron chi connectivity index (χ2n) is 4.53. The van der Waals surface area contributed by atoms with Crippen molar-refractivity contribution in [3.63, 3.8) is 0 Å². The maximum Gasteiger partial charge on any atom is 0.245 e. The van der Waals surface area contributed by atoms with E-state index >= 15 is 0 Å². The van der Waals surface area contributed by atoms with E-state index < -0.39 is 11.4 Å². The van der Waals surface area contributed by atoms with E-state index in [2.05, 4.69) is 5.32 Å². The molecule has 0 saturated carbocycles. The van der Waals surface area contributed by atoms with Crippen LogP contribution < -0.4 is 11.1 Å². The van der Waals surface area contributed by atoms with Crippen molar-refractivity contribution in [2.75, 3.05) is 19.0 Å². The number of ether oxygens (including phenoxy) is 1. The van der Waals surface area contributed by atoms with Gasteiger partial charge in [-0.2, -0.15) is 0 Å². The number of hydrogen-bond acceptors (Lipinski definition) is 3. The molecule has 0 radical (unpaired) electrons. The van der Waals surface area contributed by atoms with Crippen molar-refractivity contribution in [2.45, 2.75) is 19.4 Å². The molecule has 0 bridgehead atoms. The van der Waals surface area contributed by atoms with E-state index in [1.807, 2.05) is 26.0 Å². The van der Waals surface area contributed by atoms with Crippen LogP contribution in [0, 0.1) is 5.92 Å². The predicted octanol–water partition coefficient (Wildman–Crippen LogP) is 2.28. The lowest BCUT2D eigenvalue weighted by Gasteiger charge is -2.35. The molecule has 4 nitrogen and oxygen atoms in total. The van der Waals surface area contributed by atoms with Gasteiger partial charge in [0.25, 0.3) is 0 Å². The zero-order valence-corrected chi connectivity index (χ0v) is 11.6. The summed E-state index contributed by atoms with van der Waals surface area (Å²) in [4.78, 5) is 11.8. The summed E-state index contributed by atoms with van der Waals surface area (Å²) in [6, 6.07) is 7.22. The maximum atomic E-state index is 11.8. The molecule has 1 unspecified atom stereocenters. The highest BCUT2D eigenvalue weighted by molar-refractivity contribution is 6.33. The van der Waals surface area contributed by atoms with Gasteiger partial charge in [-0.05, 0) is 18.1 Å². The van der Waals surface area contributed by atoms with Crippen molar-refractivity contribution in [2.24, 2.45) is 11.7 Å². The predicted molar refractivity (Wildman–Crippen MR) is 73.7 cm³/mol. The molecule has 3 N–H and O–H groups in total. The Balaban J connectivity index is 3.12. The number of nitrogens with two attached hydrogens (primary N) is 1. The molecule has 0 aliphatic rings. The number of para-hydroxylation sites is 1. The molecule has 5 heteroatoms. The Labute approximate surface area is 112 Å². The second kappa shape index (κ2) is 6.07. The molecule has 0 spiro atoms. The van der Waals surface area contributed by atoms with Gasteiger partial charge in [0, 0.05) is 7.11 Å². The van der Waals surface area contributed by atoms with Crippen LogP contribution in [-0.4, -0.2) is 25.2 Å². The summed E-state index contributed by atoms with van der Waals surface area (Å²) in [7, 11) is 1.54. The van der Waals surface area contributed by atoms with Gasteiger partial charge in [-0.15, -0.1) is 0 Å². The smallest absolute Gasteiger partial charge is 0.245 e. The van der Waals surface area contributed by atoms with E-state index in [9.17, 15) is 4.79 Å². The Kier molecular flexibility index (Phi) is 4.99. The van der Waals surface area contributed by atoms with Gasteiger partial charge < -0.3 is 15.8 Å². The Bertz CT molecular complexity index is 423. The van der Waals surface area contributed by atoms with E-state index in [4.69, 9.17) is 22.1 Å². The topological polar surface area (TPSA) is 64.3 Å². The molecule has 1 aromatic carbocycles. The summed E-state index contributed by atoms with van der Waals surface area (Å²) in [5, 5.41) is 3.67. The number of rotatable bonds is 6. The monoisotopic (exact) mass is 270 g/mol. The van der Waals surface area contributed by atoms with Crippen LogP contribution in [-0.2, 0) is 9.53 Å². The lowest BCUT2D eigenvalue weighted by atomic mass is 9.86. The van der Waals surface area contributed by atoms with E-state index in [1.54, 1.807) is 12.1 Å². The number of primary amides is 1. The largest absolute Gasteiger partial charge is 0.382 e. The third kappa shape index (κ3) is 2.94. The fraction of sp³-hybridized carbons (Fsp3) is 0.462. The highest BCUT2D eigenvalue weighted by atomic mass is 35.5. The molecule has 0 fully saturated rings. The SMILES string of the molecule is COCC(Nc1ccccc1Cl)(C(N)=O)C(C)C. The van der Waals surface area contributed by atoms with E-state index in [0.29, 0.717) is 10.7 Å². The summed E-state index contributed by atoms with van der Waals surface area (Å²) < 4.78 is 5.14. The average Bonchev–Trinajstić information content (AvgIpc) is 2.30. The zero-order valence-electron chi connectivity index (χ0n) is 10.9. The number of methoxy groups -OCH3 is 1. The highest BCUT2D eigenvalue weighted by Gasteiger charge is 2.40. The quantitative estimate of drug-likeness (QED) is 0.834. The molecule has 0 heterocycles. The Morgan fingerprint density at radius 2 is 2.11 bits per heavy atom. The number of hydrogen-bond donors (Lipinski definition) is 2. The van der Waals surface area contributed by atoms with Crippen molar-refractivity contribution in [3.05, 3.63) is 29.3 Å². The van der Waals surface area contributed by atoms with Gasteiger partial charge >= 0.3 is 0 Å². The second-order valence-corrected chi connectivity index (χ2v) is 4.94. The van der Waals surface area contributed by atoms with Crippen LogP contribution in [0.5, 0.6) is 0 Å². The normalized spacial score (nSPS) is 14.3. The molecule has 0 saturated heterocycles. The lowest BCUT2D eigenvalue weighted by molar-refractivity contribution is -0.125. The Hall–Kier alpha value is -1.26. The molecule has 18 heavy (non-hydrogen) atoms. The molecule has 0 aliphatic heterocycles. The number of carbonyl (C=O) groups excluding carboxylic acids is 1. The Morgan fingerprint density at radius 1 is 1.50 bits per heavy atom. The van der Waals surface area contributed by atoms with Gasteiger partial charge in [0.1, 0.15) is 5.54 Å². The molecular weight excluding hydrogens is 252 g/mol. The van der Waals surface area contributed by atoms with Gasteiger partial charge in [-0.1, -0.05) is 37.6 Å². The zero-order chi connectivity index (χ0) is 13.8. The molecule has 1 amide bonds. The average molecular weight is 271 g/mol. The first-order valence-corrected chi connectivity index (χ1v) is 6.13.